The van der Waals surface area contributed by atoms with E-state index in [1.165, 1.54) is 32.8 Å². The summed E-state index contributed by atoms with van der Waals surface area (Å²) < 4.78 is 7.66. The van der Waals surface area contributed by atoms with Crippen molar-refractivity contribution in [3.8, 4) is 11.1 Å². The largest absolute Gasteiger partial charge is 0.464 e. The summed E-state index contributed by atoms with van der Waals surface area (Å²) in [6.45, 7) is 1.81. The number of pyridine rings is 1. The van der Waals surface area contributed by atoms with Gasteiger partial charge in [-0.3, -0.25) is 9.59 Å². The van der Waals surface area contributed by atoms with E-state index in [1.54, 1.807) is 4.57 Å². The summed E-state index contributed by atoms with van der Waals surface area (Å²) in [6.07, 6.45) is 7.10. The number of piperidine rings is 1. The van der Waals surface area contributed by atoms with Gasteiger partial charge in [0.1, 0.15) is 5.69 Å². The molecule has 0 unspecified atom stereocenters. The highest BCUT2D eigenvalue weighted by atomic mass is 79.9. The normalized spacial score (nSPS) is 16.9. The Labute approximate surface area is 225 Å². The SMILES string of the molecule is COC(=O)c1c(-c2ccccc2)c2cc(Br)ccc2c(=O)n1CC1CCN(C(=O)CC2CCCC2)CC1. The van der Waals surface area contributed by atoms with E-state index in [-0.39, 0.29) is 23.1 Å². The van der Waals surface area contributed by atoms with Crippen molar-refractivity contribution in [3.05, 3.63) is 69.1 Å². The van der Waals surface area contributed by atoms with Crippen LogP contribution in [-0.4, -0.2) is 41.5 Å². The maximum atomic E-state index is 13.8. The van der Waals surface area contributed by atoms with Crippen molar-refractivity contribution in [2.75, 3.05) is 20.2 Å². The number of methoxy groups -OCH3 is 1. The number of nitrogens with zero attached hydrogens (tertiary/aromatic N) is 2. The number of benzene rings is 2. The number of hydrogen-bond donors (Lipinski definition) is 0. The predicted octanol–water partition coefficient (Wildman–Crippen LogP) is 6.04. The summed E-state index contributed by atoms with van der Waals surface area (Å²) in [5.41, 5.74) is 1.64. The maximum Gasteiger partial charge on any atom is 0.355 e. The molecule has 1 aromatic heterocycles. The number of hydrogen-bond acceptors (Lipinski definition) is 4. The highest BCUT2D eigenvalue weighted by Gasteiger charge is 2.29. The van der Waals surface area contributed by atoms with Crippen LogP contribution in [0, 0.1) is 11.8 Å². The Kier molecular flexibility index (Phi) is 7.79. The first-order chi connectivity index (χ1) is 18.0. The van der Waals surface area contributed by atoms with E-state index >= 15 is 0 Å². The van der Waals surface area contributed by atoms with Crippen LogP contribution >= 0.6 is 15.9 Å². The summed E-state index contributed by atoms with van der Waals surface area (Å²) in [7, 11) is 1.35. The van der Waals surface area contributed by atoms with Gasteiger partial charge < -0.3 is 14.2 Å². The number of aromatic nitrogens is 1. The Morgan fingerprint density at radius 2 is 1.65 bits per heavy atom. The third-order valence-corrected chi connectivity index (χ3v) is 8.51. The fraction of sp³-hybridized carbons (Fsp3) is 0.433. The average molecular weight is 566 g/mol. The van der Waals surface area contributed by atoms with Gasteiger partial charge in [-0.2, -0.15) is 0 Å². The van der Waals surface area contributed by atoms with Crippen LogP contribution in [0.4, 0.5) is 0 Å². The molecule has 1 saturated carbocycles. The molecule has 0 bridgehead atoms. The number of amides is 1. The molecule has 2 fully saturated rings. The van der Waals surface area contributed by atoms with E-state index in [9.17, 15) is 14.4 Å². The number of fused-ring (bicyclic) bond motifs is 1. The molecule has 2 aromatic carbocycles. The molecule has 0 N–H and O–H groups in total. The van der Waals surface area contributed by atoms with Gasteiger partial charge in [0.2, 0.25) is 5.91 Å². The van der Waals surface area contributed by atoms with Crippen molar-refractivity contribution in [2.45, 2.75) is 51.5 Å². The zero-order valence-electron chi connectivity index (χ0n) is 21.2. The molecule has 1 aliphatic heterocycles. The van der Waals surface area contributed by atoms with Crippen molar-refractivity contribution < 1.29 is 14.3 Å². The number of carbonyl (C=O) groups excluding carboxylic acids is 2. The van der Waals surface area contributed by atoms with Crippen LogP contribution in [0.2, 0.25) is 0 Å². The minimum absolute atomic E-state index is 0.188. The van der Waals surface area contributed by atoms with Crippen LogP contribution in [0.3, 0.4) is 0 Å². The Morgan fingerprint density at radius 1 is 0.946 bits per heavy atom. The fourth-order valence-electron chi connectivity index (χ4n) is 6.01. The minimum atomic E-state index is -0.526. The molecule has 0 spiro atoms. The van der Waals surface area contributed by atoms with Gasteiger partial charge >= 0.3 is 5.97 Å². The van der Waals surface area contributed by atoms with E-state index in [1.807, 2.05) is 53.4 Å². The molecular formula is C30H33BrN2O4. The molecule has 3 aromatic rings. The Morgan fingerprint density at radius 3 is 2.32 bits per heavy atom. The summed E-state index contributed by atoms with van der Waals surface area (Å²) >= 11 is 3.53. The van der Waals surface area contributed by atoms with Crippen molar-refractivity contribution in [2.24, 2.45) is 11.8 Å². The number of esters is 1. The quantitative estimate of drug-likeness (QED) is 0.342. The zero-order chi connectivity index (χ0) is 25.9. The molecule has 7 heteroatoms. The van der Waals surface area contributed by atoms with E-state index in [0.717, 1.165) is 28.3 Å². The van der Waals surface area contributed by atoms with Gasteiger partial charge in [0.25, 0.3) is 5.56 Å². The summed E-state index contributed by atoms with van der Waals surface area (Å²) in [5, 5.41) is 1.29. The van der Waals surface area contributed by atoms with Gasteiger partial charge in [0, 0.05) is 41.5 Å². The lowest BCUT2D eigenvalue weighted by Gasteiger charge is -2.33. The van der Waals surface area contributed by atoms with E-state index in [0.29, 0.717) is 42.9 Å². The molecule has 1 amide bonds. The molecule has 2 heterocycles. The molecule has 2 aliphatic rings. The van der Waals surface area contributed by atoms with Crippen LogP contribution in [0.15, 0.2) is 57.8 Å². The highest BCUT2D eigenvalue weighted by Crippen LogP contribution is 2.34. The fourth-order valence-corrected chi connectivity index (χ4v) is 6.37. The lowest BCUT2D eigenvalue weighted by atomic mass is 9.93. The predicted molar refractivity (Wildman–Crippen MR) is 149 cm³/mol. The van der Waals surface area contributed by atoms with Crippen LogP contribution in [0.1, 0.15) is 55.4 Å². The van der Waals surface area contributed by atoms with E-state index < -0.39 is 5.97 Å². The third kappa shape index (κ3) is 5.37. The first kappa shape index (κ1) is 25.7. The molecule has 6 nitrogen and oxygen atoms in total. The Hall–Kier alpha value is -2.93. The molecule has 194 valence electrons. The van der Waals surface area contributed by atoms with Crippen molar-refractivity contribution in [3.63, 3.8) is 0 Å². The Bertz CT molecular complexity index is 1350. The van der Waals surface area contributed by atoms with Gasteiger partial charge in [0.15, 0.2) is 0 Å². The number of likely N-dealkylation sites (tertiary alicyclic amines) is 1. The van der Waals surface area contributed by atoms with Crippen LogP contribution in [0.5, 0.6) is 0 Å². The topological polar surface area (TPSA) is 68.6 Å². The van der Waals surface area contributed by atoms with Crippen molar-refractivity contribution >= 4 is 38.6 Å². The van der Waals surface area contributed by atoms with Gasteiger partial charge in [-0.25, -0.2) is 4.79 Å². The third-order valence-electron chi connectivity index (χ3n) is 8.02. The Balaban J connectivity index is 1.48. The first-order valence-corrected chi connectivity index (χ1v) is 14.0. The maximum absolute atomic E-state index is 13.8. The van der Waals surface area contributed by atoms with Crippen LogP contribution in [-0.2, 0) is 16.1 Å². The second-order valence-electron chi connectivity index (χ2n) is 10.4. The number of ether oxygens (including phenoxy) is 1. The molecule has 1 saturated heterocycles. The monoisotopic (exact) mass is 564 g/mol. The first-order valence-electron chi connectivity index (χ1n) is 13.2. The van der Waals surface area contributed by atoms with E-state index in [4.69, 9.17) is 4.74 Å². The van der Waals surface area contributed by atoms with Gasteiger partial charge in [-0.15, -0.1) is 0 Å². The molecule has 5 rings (SSSR count). The molecule has 0 radical (unpaired) electrons. The molecule has 0 atom stereocenters. The second kappa shape index (κ2) is 11.2. The van der Waals surface area contributed by atoms with Gasteiger partial charge in [-0.1, -0.05) is 59.1 Å². The van der Waals surface area contributed by atoms with Crippen molar-refractivity contribution in [1.82, 2.24) is 9.47 Å². The van der Waals surface area contributed by atoms with Crippen molar-refractivity contribution in [1.29, 1.82) is 0 Å². The summed E-state index contributed by atoms with van der Waals surface area (Å²) in [5.74, 6) is 0.469. The second-order valence-corrected chi connectivity index (χ2v) is 11.3. The lowest BCUT2D eigenvalue weighted by molar-refractivity contribution is -0.133. The number of rotatable bonds is 6. The standard InChI is InChI=1S/C30H33BrN2O4/c1-37-30(36)28-27(22-9-3-2-4-10-22)25-18-23(31)11-12-24(25)29(35)33(28)19-21-13-15-32(16-14-21)26(34)17-20-7-5-6-8-20/h2-4,9-12,18,20-21H,5-8,13-17,19H2,1H3. The summed E-state index contributed by atoms with van der Waals surface area (Å²) in [6, 6.07) is 15.2. The van der Waals surface area contributed by atoms with Crippen LogP contribution < -0.4 is 5.56 Å². The van der Waals surface area contributed by atoms with Gasteiger partial charge in [-0.05, 0) is 66.7 Å². The minimum Gasteiger partial charge on any atom is -0.464 e. The molecule has 1 aliphatic carbocycles. The lowest BCUT2D eigenvalue weighted by Crippen LogP contribution is -2.41. The number of halogens is 1. The molecular weight excluding hydrogens is 532 g/mol. The highest BCUT2D eigenvalue weighted by molar-refractivity contribution is 9.10. The zero-order valence-corrected chi connectivity index (χ0v) is 22.8. The smallest absolute Gasteiger partial charge is 0.355 e. The van der Waals surface area contributed by atoms with E-state index in [2.05, 4.69) is 15.9 Å². The summed E-state index contributed by atoms with van der Waals surface area (Å²) in [4.78, 5) is 41.8. The number of carbonyl (C=O) groups is 2. The molecule has 37 heavy (non-hydrogen) atoms. The van der Waals surface area contributed by atoms with Gasteiger partial charge in [0.05, 0.1) is 7.11 Å². The average Bonchev–Trinajstić information content (AvgIpc) is 3.43. The van der Waals surface area contributed by atoms with Crippen LogP contribution in [0.25, 0.3) is 21.9 Å².